The van der Waals surface area contributed by atoms with Gasteiger partial charge in [-0.1, -0.05) is 31.0 Å². The summed E-state index contributed by atoms with van der Waals surface area (Å²) in [6.45, 7) is 0.476. The molecule has 230 valence electrons. The molecule has 43 heavy (non-hydrogen) atoms. The Morgan fingerprint density at radius 1 is 1.02 bits per heavy atom. The molecule has 8 nitrogen and oxygen atoms in total. The molecule has 1 N–H and O–H groups in total. The quantitative estimate of drug-likeness (QED) is 0.170. The van der Waals surface area contributed by atoms with Gasteiger partial charge in [-0.3, -0.25) is 19.2 Å². The molecular weight excluding hydrogens is 596 g/mol. The molecule has 0 bridgehead atoms. The molecule has 1 aliphatic rings. The van der Waals surface area contributed by atoms with Crippen molar-refractivity contribution >= 4 is 40.0 Å². The average molecular weight is 625 g/mol. The van der Waals surface area contributed by atoms with Crippen molar-refractivity contribution < 1.29 is 41.4 Å². The summed E-state index contributed by atoms with van der Waals surface area (Å²) >= 11 is 6.04. The zero-order valence-electron chi connectivity index (χ0n) is 23.1. The van der Waals surface area contributed by atoms with Gasteiger partial charge in [0.2, 0.25) is 17.5 Å². The molecule has 1 heterocycles. The first-order valence-corrected chi connectivity index (χ1v) is 14.2. The fourth-order valence-electron chi connectivity index (χ4n) is 5.00. The summed E-state index contributed by atoms with van der Waals surface area (Å²) in [5.74, 6) is -11.3. The zero-order valence-corrected chi connectivity index (χ0v) is 23.9. The van der Waals surface area contributed by atoms with E-state index in [2.05, 4.69) is 5.32 Å². The third-order valence-electron chi connectivity index (χ3n) is 7.28. The molecule has 2 atom stereocenters. The topological polar surface area (TPSA) is 104 Å². The second-order valence-corrected chi connectivity index (χ2v) is 10.7. The van der Waals surface area contributed by atoms with E-state index < -0.39 is 77.3 Å². The van der Waals surface area contributed by atoms with Crippen molar-refractivity contribution in [3.05, 3.63) is 75.2 Å². The van der Waals surface area contributed by atoms with Crippen molar-refractivity contribution in [1.82, 2.24) is 9.88 Å². The lowest BCUT2D eigenvalue weighted by Gasteiger charge is -2.25. The Hall–Kier alpha value is -3.93. The number of rotatable bonds is 11. The number of esters is 1. The van der Waals surface area contributed by atoms with Crippen LogP contribution in [-0.4, -0.2) is 41.0 Å². The van der Waals surface area contributed by atoms with E-state index in [0.29, 0.717) is 23.3 Å². The SMILES string of the molecule is CC[C@@H](C(=O)NC(CC(=O)OC1CCCCC1)C(=O)COc1c(F)c(F)cc(F)c1F)n1ccc2ccc(Cl)cc2c1=O. The molecule has 4 rings (SSSR count). The lowest BCUT2D eigenvalue weighted by molar-refractivity contribution is -0.152. The highest BCUT2D eigenvalue weighted by Gasteiger charge is 2.31. The largest absolute Gasteiger partial charge is 0.479 e. The Morgan fingerprint density at radius 2 is 1.70 bits per heavy atom. The van der Waals surface area contributed by atoms with E-state index in [9.17, 15) is 36.7 Å². The molecule has 1 fully saturated rings. The van der Waals surface area contributed by atoms with Crippen molar-refractivity contribution in [3.8, 4) is 5.75 Å². The minimum Gasteiger partial charge on any atom is -0.479 e. The lowest BCUT2D eigenvalue weighted by atomic mass is 9.98. The molecule has 1 saturated carbocycles. The van der Waals surface area contributed by atoms with Crippen LogP contribution in [0.2, 0.25) is 5.02 Å². The van der Waals surface area contributed by atoms with Gasteiger partial charge in [0.25, 0.3) is 5.56 Å². The number of benzene rings is 2. The Morgan fingerprint density at radius 3 is 2.35 bits per heavy atom. The Balaban J connectivity index is 1.57. The first-order valence-electron chi connectivity index (χ1n) is 13.8. The van der Waals surface area contributed by atoms with Crippen molar-refractivity contribution in [2.45, 2.75) is 70.1 Å². The molecule has 0 spiro atoms. The van der Waals surface area contributed by atoms with Gasteiger partial charge in [-0.15, -0.1) is 0 Å². The maximum absolute atomic E-state index is 14.1. The number of Topliss-reactive ketones (excluding diaryl/α,β-unsaturated/α-hetero) is 1. The molecule has 3 aromatic rings. The van der Waals surface area contributed by atoms with Crippen LogP contribution >= 0.6 is 11.6 Å². The number of ether oxygens (including phenoxy) is 2. The number of pyridine rings is 1. The monoisotopic (exact) mass is 624 g/mol. The normalized spacial score (nSPS) is 15.1. The number of carbonyl (C=O) groups is 3. The lowest BCUT2D eigenvalue weighted by Crippen LogP contribution is -2.48. The maximum Gasteiger partial charge on any atom is 0.308 e. The van der Waals surface area contributed by atoms with E-state index in [-0.39, 0.29) is 24.0 Å². The van der Waals surface area contributed by atoms with Crippen molar-refractivity contribution in [2.24, 2.45) is 0 Å². The molecule has 1 aliphatic carbocycles. The van der Waals surface area contributed by atoms with E-state index in [4.69, 9.17) is 21.1 Å². The van der Waals surface area contributed by atoms with Gasteiger partial charge in [0.1, 0.15) is 24.8 Å². The Labute approximate surface area is 248 Å². The Kier molecular flexibility index (Phi) is 10.4. The molecule has 1 unspecified atom stereocenters. The molecule has 0 saturated heterocycles. The van der Waals surface area contributed by atoms with E-state index in [1.165, 1.54) is 12.3 Å². The van der Waals surface area contributed by atoms with E-state index in [1.54, 1.807) is 25.1 Å². The van der Waals surface area contributed by atoms with Gasteiger partial charge >= 0.3 is 5.97 Å². The fourth-order valence-corrected chi connectivity index (χ4v) is 5.17. The summed E-state index contributed by atoms with van der Waals surface area (Å²) in [6.07, 6.45) is 4.46. The highest BCUT2D eigenvalue weighted by atomic mass is 35.5. The number of nitrogens with zero attached hydrogens (tertiary/aromatic N) is 1. The number of ketones is 1. The fraction of sp³-hybridized carbons (Fsp3) is 0.400. The highest BCUT2D eigenvalue weighted by Crippen LogP contribution is 2.27. The second-order valence-electron chi connectivity index (χ2n) is 10.3. The van der Waals surface area contributed by atoms with Gasteiger partial charge in [0.15, 0.2) is 23.2 Å². The van der Waals surface area contributed by atoms with E-state index >= 15 is 0 Å². The summed E-state index contributed by atoms with van der Waals surface area (Å²) in [4.78, 5) is 52.5. The number of nitrogens with one attached hydrogen (secondary N) is 1. The zero-order chi connectivity index (χ0) is 31.3. The molecule has 0 aliphatic heterocycles. The third-order valence-corrected chi connectivity index (χ3v) is 7.51. The highest BCUT2D eigenvalue weighted by molar-refractivity contribution is 6.31. The molecular formula is C30H29ClF4N2O6. The van der Waals surface area contributed by atoms with Crippen LogP contribution < -0.4 is 15.6 Å². The number of carbonyl (C=O) groups excluding carboxylic acids is 3. The minimum atomic E-state index is -1.86. The number of hydrogen-bond donors (Lipinski definition) is 1. The summed E-state index contributed by atoms with van der Waals surface area (Å²) in [5.41, 5.74) is -0.524. The average Bonchev–Trinajstić information content (AvgIpc) is 2.98. The van der Waals surface area contributed by atoms with Crippen LogP contribution in [0.5, 0.6) is 5.75 Å². The molecule has 2 aromatic carbocycles. The van der Waals surface area contributed by atoms with Crippen LogP contribution in [0.15, 0.2) is 41.3 Å². The molecule has 0 radical (unpaired) electrons. The number of amides is 1. The van der Waals surface area contributed by atoms with Gasteiger partial charge < -0.3 is 19.4 Å². The van der Waals surface area contributed by atoms with Gasteiger partial charge in [0.05, 0.1) is 6.42 Å². The molecule has 1 amide bonds. The summed E-state index contributed by atoms with van der Waals surface area (Å²) in [5, 5.41) is 3.57. The predicted octanol–water partition coefficient (Wildman–Crippen LogP) is 5.56. The third kappa shape index (κ3) is 7.54. The van der Waals surface area contributed by atoms with Crippen LogP contribution in [0.25, 0.3) is 10.8 Å². The van der Waals surface area contributed by atoms with Gasteiger partial charge in [-0.2, -0.15) is 8.78 Å². The van der Waals surface area contributed by atoms with Gasteiger partial charge in [-0.25, -0.2) is 8.78 Å². The van der Waals surface area contributed by atoms with E-state index in [0.717, 1.165) is 23.8 Å². The number of hydrogen-bond acceptors (Lipinski definition) is 6. The maximum atomic E-state index is 14.1. The van der Waals surface area contributed by atoms with Crippen LogP contribution in [0.1, 0.15) is 57.9 Å². The van der Waals surface area contributed by atoms with Crippen LogP contribution in [0.3, 0.4) is 0 Å². The van der Waals surface area contributed by atoms with Crippen molar-refractivity contribution in [1.29, 1.82) is 0 Å². The van der Waals surface area contributed by atoms with Gasteiger partial charge in [0, 0.05) is 22.7 Å². The number of halogens is 5. The minimum absolute atomic E-state index is 0.0167. The van der Waals surface area contributed by atoms with E-state index in [1.807, 2.05) is 0 Å². The first-order chi connectivity index (χ1) is 20.5. The predicted molar refractivity (Wildman–Crippen MR) is 149 cm³/mol. The summed E-state index contributed by atoms with van der Waals surface area (Å²) < 4.78 is 66.8. The van der Waals surface area contributed by atoms with Crippen molar-refractivity contribution in [2.75, 3.05) is 6.61 Å². The number of aromatic nitrogens is 1. The van der Waals surface area contributed by atoms with Crippen LogP contribution in [-0.2, 0) is 19.1 Å². The Bertz CT molecular complexity index is 1560. The number of fused-ring (bicyclic) bond motifs is 1. The second kappa shape index (κ2) is 14.0. The standard InChI is InChI=1S/C30H29ClF4N2O6/c1-2-23(37-11-10-16-8-9-17(31)12-19(16)30(37)41)29(40)36-22(14-25(39)43-18-6-4-3-5-7-18)24(38)15-42-28-26(34)20(32)13-21(33)27(28)35/h8-13,18,22-23H,2-7,14-15H2,1H3,(H,36,40)/t22?,23-/m0/s1. The molecule has 1 aromatic heterocycles. The summed E-state index contributed by atoms with van der Waals surface area (Å²) in [6, 6.07) is 3.56. The summed E-state index contributed by atoms with van der Waals surface area (Å²) in [7, 11) is 0. The first kappa shape index (κ1) is 32.0. The van der Waals surface area contributed by atoms with Crippen molar-refractivity contribution in [3.63, 3.8) is 0 Å². The van der Waals surface area contributed by atoms with Gasteiger partial charge in [-0.05, 0) is 55.7 Å². The molecule has 13 heteroatoms. The van der Waals surface area contributed by atoms with Crippen LogP contribution in [0.4, 0.5) is 17.6 Å². The van der Waals surface area contributed by atoms with Crippen LogP contribution in [0, 0.1) is 23.3 Å². The smallest absolute Gasteiger partial charge is 0.308 e.